The van der Waals surface area contributed by atoms with Crippen molar-refractivity contribution < 1.29 is 13.2 Å². The Bertz CT molecular complexity index is 431. The van der Waals surface area contributed by atoms with Crippen LogP contribution in [0.1, 0.15) is 5.56 Å². The van der Waals surface area contributed by atoms with Gasteiger partial charge in [0.05, 0.1) is 17.8 Å². The number of thioether (sulfide) groups is 1. The number of alkyl halides is 3. The van der Waals surface area contributed by atoms with Crippen LogP contribution in [0.25, 0.3) is 0 Å². The lowest BCUT2D eigenvalue weighted by molar-refractivity contribution is -0.137. The van der Waals surface area contributed by atoms with Crippen LogP contribution in [0.15, 0.2) is 29.3 Å². The van der Waals surface area contributed by atoms with E-state index >= 15 is 0 Å². The van der Waals surface area contributed by atoms with Crippen molar-refractivity contribution in [2.75, 3.05) is 17.7 Å². The zero-order valence-electron chi connectivity index (χ0n) is 8.71. The van der Waals surface area contributed by atoms with Gasteiger partial charge in [-0.2, -0.15) is 13.2 Å². The normalized spacial score (nSPS) is 15.6. The highest BCUT2D eigenvalue weighted by Crippen LogP contribution is 2.30. The molecule has 0 spiro atoms. The van der Waals surface area contributed by atoms with Gasteiger partial charge in [0.25, 0.3) is 0 Å². The average Bonchev–Trinajstić information content (AvgIpc) is 2.78. The number of halogens is 3. The van der Waals surface area contributed by atoms with Crippen molar-refractivity contribution in [1.82, 2.24) is 5.43 Å². The Morgan fingerprint density at radius 1 is 1.24 bits per heavy atom. The fourth-order valence-corrected chi connectivity index (χ4v) is 1.99. The fraction of sp³-hybridized carbons (Fsp3) is 0.300. The lowest BCUT2D eigenvalue weighted by atomic mass is 10.2. The van der Waals surface area contributed by atoms with E-state index in [1.54, 1.807) is 6.07 Å². The molecule has 2 N–H and O–H groups in total. The first-order valence-electron chi connectivity index (χ1n) is 4.92. The maximum absolute atomic E-state index is 12.4. The van der Waals surface area contributed by atoms with Crippen LogP contribution in [-0.4, -0.2) is 17.5 Å². The Balaban J connectivity index is 2.01. The lowest BCUT2D eigenvalue weighted by Gasteiger charge is -2.11. The van der Waals surface area contributed by atoms with Crippen molar-refractivity contribution in [3.63, 3.8) is 0 Å². The van der Waals surface area contributed by atoms with Gasteiger partial charge in [-0.25, -0.2) is 0 Å². The molecule has 1 heterocycles. The van der Waals surface area contributed by atoms with Crippen LogP contribution in [0, 0.1) is 0 Å². The molecule has 0 unspecified atom stereocenters. The second kappa shape index (κ2) is 4.87. The zero-order valence-corrected chi connectivity index (χ0v) is 9.53. The molecule has 0 bridgehead atoms. The van der Waals surface area contributed by atoms with Gasteiger partial charge in [-0.15, -0.1) is 0 Å². The van der Waals surface area contributed by atoms with Gasteiger partial charge in [-0.1, -0.05) is 17.8 Å². The highest BCUT2D eigenvalue weighted by Gasteiger charge is 2.30. The van der Waals surface area contributed by atoms with Crippen molar-refractivity contribution in [1.29, 1.82) is 0 Å². The summed E-state index contributed by atoms with van der Waals surface area (Å²) in [5, 5.41) is 0.697. The predicted octanol–water partition coefficient (Wildman–Crippen LogP) is 2.72. The summed E-state index contributed by atoms with van der Waals surface area (Å²) in [6.07, 6.45) is -4.32. The molecule has 1 aliphatic rings. The van der Waals surface area contributed by atoms with E-state index in [4.69, 9.17) is 0 Å². The third kappa shape index (κ3) is 3.29. The molecule has 0 fully saturated rings. The summed E-state index contributed by atoms with van der Waals surface area (Å²) in [6.45, 7) is 0.733. The van der Waals surface area contributed by atoms with E-state index in [2.05, 4.69) is 15.8 Å². The number of amidine groups is 1. The number of nitrogens with one attached hydrogen (secondary N) is 2. The smallest absolute Gasteiger partial charge is 0.299 e. The lowest BCUT2D eigenvalue weighted by Crippen LogP contribution is -2.26. The summed E-state index contributed by atoms with van der Waals surface area (Å²) in [7, 11) is 0. The molecule has 0 amide bonds. The summed E-state index contributed by atoms with van der Waals surface area (Å²) in [4.78, 5) is 4.11. The van der Waals surface area contributed by atoms with Crippen molar-refractivity contribution in [3.8, 4) is 0 Å². The Kier molecular flexibility index (Phi) is 3.46. The second-order valence-corrected chi connectivity index (χ2v) is 4.45. The van der Waals surface area contributed by atoms with E-state index < -0.39 is 11.7 Å². The van der Waals surface area contributed by atoms with Crippen molar-refractivity contribution in [2.24, 2.45) is 4.99 Å². The molecule has 1 aromatic rings. The number of rotatable bonds is 2. The van der Waals surface area contributed by atoms with E-state index in [9.17, 15) is 13.2 Å². The van der Waals surface area contributed by atoms with Gasteiger partial charge in [0.1, 0.15) is 0 Å². The zero-order chi connectivity index (χ0) is 12.3. The molecular weight excluding hydrogens is 251 g/mol. The standard InChI is InChI=1S/C10H10F3N3S/c11-10(12,13)7-2-1-3-8(6-7)15-16-9-14-4-5-17-9/h1-3,6,15H,4-5H2,(H,14,16). The third-order valence-corrected chi connectivity index (χ3v) is 2.98. The molecule has 3 nitrogen and oxygen atoms in total. The SMILES string of the molecule is FC(F)(F)c1cccc(NNC2=NCCS2)c1. The molecule has 0 radical (unpaired) electrons. The van der Waals surface area contributed by atoms with Gasteiger partial charge < -0.3 is 0 Å². The van der Waals surface area contributed by atoms with E-state index in [1.165, 1.54) is 17.8 Å². The maximum Gasteiger partial charge on any atom is 0.416 e. The van der Waals surface area contributed by atoms with Crippen molar-refractivity contribution in [2.45, 2.75) is 6.18 Å². The van der Waals surface area contributed by atoms with Gasteiger partial charge in [0, 0.05) is 5.75 Å². The Morgan fingerprint density at radius 3 is 2.71 bits per heavy atom. The first-order valence-corrected chi connectivity index (χ1v) is 5.91. The quantitative estimate of drug-likeness (QED) is 0.804. The van der Waals surface area contributed by atoms with E-state index in [-0.39, 0.29) is 0 Å². The molecule has 1 aliphatic heterocycles. The van der Waals surface area contributed by atoms with Crippen LogP contribution in [0.3, 0.4) is 0 Å². The van der Waals surface area contributed by atoms with Gasteiger partial charge in [-0.3, -0.25) is 15.8 Å². The summed E-state index contributed by atoms with van der Waals surface area (Å²) in [6, 6.07) is 5.00. The molecule has 92 valence electrons. The number of hydrogen-bond donors (Lipinski definition) is 2. The topological polar surface area (TPSA) is 36.4 Å². The minimum atomic E-state index is -4.32. The Morgan fingerprint density at radius 2 is 2.06 bits per heavy atom. The summed E-state index contributed by atoms with van der Waals surface area (Å²) in [5.74, 6) is 0.895. The summed E-state index contributed by atoms with van der Waals surface area (Å²) in [5.41, 5.74) is 5.15. The molecule has 2 rings (SSSR count). The number of benzene rings is 1. The number of anilines is 1. The molecule has 1 aromatic carbocycles. The number of hydrazine groups is 1. The molecule has 17 heavy (non-hydrogen) atoms. The van der Waals surface area contributed by atoms with E-state index in [0.717, 1.165) is 24.4 Å². The molecule has 0 saturated carbocycles. The van der Waals surface area contributed by atoms with Gasteiger partial charge in [0.15, 0.2) is 5.17 Å². The monoisotopic (exact) mass is 261 g/mol. The Labute approximate surface area is 100 Å². The van der Waals surface area contributed by atoms with Crippen LogP contribution in [0.4, 0.5) is 18.9 Å². The van der Waals surface area contributed by atoms with Gasteiger partial charge in [-0.05, 0) is 18.2 Å². The number of aliphatic imine (C=N–C) groups is 1. The van der Waals surface area contributed by atoms with Crippen LogP contribution in [0.5, 0.6) is 0 Å². The van der Waals surface area contributed by atoms with Crippen LogP contribution in [0.2, 0.25) is 0 Å². The summed E-state index contributed by atoms with van der Waals surface area (Å²) < 4.78 is 37.3. The first-order chi connectivity index (χ1) is 8.05. The molecule has 0 aromatic heterocycles. The van der Waals surface area contributed by atoms with E-state index in [1.807, 2.05) is 0 Å². The maximum atomic E-state index is 12.4. The predicted molar refractivity (Wildman–Crippen MR) is 63.0 cm³/mol. The highest BCUT2D eigenvalue weighted by molar-refractivity contribution is 8.14. The average molecular weight is 261 g/mol. The van der Waals surface area contributed by atoms with Crippen molar-refractivity contribution >= 4 is 22.6 Å². The highest BCUT2D eigenvalue weighted by atomic mass is 32.2. The largest absolute Gasteiger partial charge is 0.416 e. The summed E-state index contributed by atoms with van der Waals surface area (Å²) >= 11 is 1.53. The van der Waals surface area contributed by atoms with E-state index in [0.29, 0.717) is 10.9 Å². The van der Waals surface area contributed by atoms with Crippen molar-refractivity contribution in [3.05, 3.63) is 29.8 Å². The van der Waals surface area contributed by atoms with Crippen LogP contribution >= 0.6 is 11.8 Å². The third-order valence-electron chi connectivity index (χ3n) is 2.09. The molecule has 0 aliphatic carbocycles. The molecule has 0 atom stereocenters. The minimum absolute atomic E-state index is 0.357. The number of nitrogens with zero attached hydrogens (tertiary/aromatic N) is 1. The Hall–Kier alpha value is -1.37. The van der Waals surface area contributed by atoms with Gasteiger partial charge >= 0.3 is 6.18 Å². The molecular formula is C10H10F3N3S. The minimum Gasteiger partial charge on any atom is -0.299 e. The van der Waals surface area contributed by atoms with Crippen LogP contribution < -0.4 is 10.9 Å². The first kappa shape index (κ1) is 12.1. The second-order valence-electron chi connectivity index (χ2n) is 3.36. The molecule has 0 saturated heterocycles. The number of hydrogen-bond acceptors (Lipinski definition) is 4. The van der Waals surface area contributed by atoms with Gasteiger partial charge in [0.2, 0.25) is 0 Å². The van der Waals surface area contributed by atoms with Crippen LogP contribution in [-0.2, 0) is 6.18 Å². The molecule has 7 heteroatoms. The fourth-order valence-electron chi connectivity index (χ4n) is 1.31.